The average molecular weight is 414 g/mol. The zero-order valence-corrected chi connectivity index (χ0v) is 15.8. The van der Waals surface area contributed by atoms with E-state index < -0.39 is 11.2 Å². The van der Waals surface area contributed by atoms with E-state index in [9.17, 15) is 4.79 Å². The van der Waals surface area contributed by atoms with Crippen molar-refractivity contribution in [2.24, 2.45) is 0 Å². The third kappa shape index (κ3) is 2.74. The minimum absolute atomic E-state index is 0.555. The quantitative estimate of drug-likeness (QED) is 0.749. The van der Waals surface area contributed by atoms with Crippen LogP contribution in [0.5, 0.6) is 0 Å². The highest BCUT2D eigenvalue weighted by Gasteiger charge is 2.34. The first kappa shape index (κ1) is 15.7. The maximum atomic E-state index is 11.2. The van der Waals surface area contributed by atoms with Crippen molar-refractivity contribution < 1.29 is 9.90 Å². The molecule has 1 unspecified atom stereocenters. The molecule has 8 heteroatoms. The van der Waals surface area contributed by atoms with Gasteiger partial charge in [0.1, 0.15) is 10.3 Å². The third-order valence-electron chi connectivity index (χ3n) is 4.36. The van der Waals surface area contributed by atoms with Crippen molar-refractivity contribution in [3.63, 3.8) is 0 Å². The number of carboxylic acids is 1. The second-order valence-corrected chi connectivity index (χ2v) is 9.09. The number of carbonyl (C=O) groups is 1. The normalized spacial score (nSPS) is 18.2. The van der Waals surface area contributed by atoms with Crippen molar-refractivity contribution in [1.29, 1.82) is 0 Å². The Hall–Kier alpha value is -0.860. The standard InChI is InChI=1S/C15H16BrN3O2S2/c1-7(13(20)21)22-15-18-17-14(16)19(15)12-10-4-2-3-9(10)11(23-12)8-5-6-8/h7-8H,2-6H2,1H3,(H,20,21). The monoisotopic (exact) mass is 413 g/mol. The fraction of sp³-hybridized carbons (Fsp3) is 0.533. The summed E-state index contributed by atoms with van der Waals surface area (Å²) in [6.07, 6.45) is 6.07. The molecule has 1 N–H and O–H groups in total. The number of fused-ring (bicyclic) bond motifs is 1. The number of halogens is 1. The molecule has 0 amide bonds. The summed E-state index contributed by atoms with van der Waals surface area (Å²) in [5.74, 6) is -0.0966. The van der Waals surface area contributed by atoms with Gasteiger partial charge in [-0.1, -0.05) is 11.8 Å². The van der Waals surface area contributed by atoms with Crippen molar-refractivity contribution in [2.45, 2.75) is 55.4 Å². The third-order valence-corrected chi connectivity index (χ3v) is 7.32. The largest absolute Gasteiger partial charge is 0.480 e. The first-order chi connectivity index (χ1) is 11.1. The van der Waals surface area contributed by atoms with Crippen LogP contribution in [0.3, 0.4) is 0 Å². The van der Waals surface area contributed by atoms with Crippen LogP contribution in [0.15, 0.2) is 9.89 Å². The van der Waals surface area contributed by atoms with Crippen LogP contribution in [0.4, 0.5) is 0 Å². The highest BCUT2D eigenvalue weighted by Crippen LogP contribution is 2.51. The molecule has 2 aromatic heterocycles. The number of aromatic nitrogens is 3. The molecule has 0 radical (unpaired) electrons. The topological polar surface area (TPSA) is 68.0 Å². The number of nitrogens with zero attached hydrogens (tertiary/aromatic N) is 3. The highest BCUT2D eigenvalue weighted by atomic mass is 79.9. The molecule has 2 aliphatic carbocycles. The van der Waals surface area contributed by atoms with Gasteiger partial charge in [-0.3, -0.25) is 9.36 Å². The Morgan fingerprint density at radius 3 is 2.83 bits per heavy atom. The van der Waals surface area contributed by atoms with E-state index in [1.165, 1.54) is 58.5 Å². The molecule has 122 valence electrons. The van der Waals surface area contributed by atoms with Crippen LogP contribution in [0.1, 0.15) is 48.1 Å². The number of hydrogen-bond acceptors (Lipinski definition) is 5. The Morgan fingerprint density at radius 1 is 1.39 bits per heavy atom. The molecular formula is C15H16BrN3O2S2. The molecule has 0 bridgehead atoms. The highest BCUT2D eigenvalue weighted by molar-refractivity contribution is 9.10. The van der Waals surface area contributed by atoms with Gasteiger partial charge in [0, 0.05) is 4.88 Å². The van der Waals surface area contributed by atoms with Crippen molar-refractivity contribution in [3.8, 4) is 5.00 Å². The number of rotatable bonds is 5. The number of thiophene rings is 1. The van der Waals surface area contributed by atoms with Gasteiger partial charge < -0.3 is 5.11 Å². The molecule has 1 fully saturated rings. The van der Waals surface area contributed by atoms with Crippen molar-refractivity contribution >= 4 is 45.0 Å². The first-order valence-electron chi connectivity index (χ1n) is 7.71. The van der Waals surface area contributed by atoms with Crippen LogP contribution in [0.2, 0.25) is 0 Å². The SMILES string of the molecule is CC(Sc1nnc(Br)n1-c1sc(C2CC2)c2c1CCC2)C(=O)O. The van der Waals surface area contributed by atoms with E-state index in [1.807, 2.05) is 15.9 Å². The van der Waals surface area contributed by atoms with Crippen molar-refractivity contribution in [2.75, 3.05) is 0 Å². The Bertz CT molecular complexity index is 782. The van der Waals surface area contributed by atoms with Gasteiger partial charge >= 0.3 is 5.97 Å². The van der Waals surface area contributed by atoms with E-state index in [-0.39, 0.29) is 0 Å². The van der Waals surface area contributed by atoms with Gasteiger partial charge in [0.05, 0.1) is 0 Å². The average Bonchev–Trinajstić information content (AvgIpc) is 2.97. The molecule has 2 aromatic rings. The number of hydrogen-bond donors (Lipinski definition) is 1. The number of carboxylic acid groups (broad SMARTS) is 1. The summed E-state index contributed by atoms with van der Waals surface area (Å²) < 4.78 is 2.64. The van der Waals surface area contributed by atoms with E-state index in [1.54, 1.807) is 6.92 Å². The van der Waals surface area contributed by atoms with E-state index in [4.69, 9.17) is 5.11 Å². The maximum Gasteiger partial charge on any atom is 0.316 e. The summed E-state index contributed by atoms with van der Waals surface area (Å²) in [6.45, 7) is 1.67. The van der Waals surface area contributed by atoms with E-state index in [0.29, 0.717) is 9.89 Å². The van der Waals surface area contributed by atoms with E-state index in [0.717, 1.165) is 12.3 Å². The first-order valence-corrected chi connectivity index (χ1v) is 10.2. The molecule has 2 aliphatic rings. The second kappa shape index (κ2) is 5.89. The second-order valence-electron chi connectivity index (χ2n) is 6.04. The smallest absolute Gasteiger partial charge is 0.316 e. The predicted octanol–water partition coefficient (Wildman–Crippen LogP) is 4.02. The van der Waals surface area contributed by atoms with E-state index in [2.05, 4.69) is 26.1 Å². The summed E-state index contributed by atoms with van der Waals surface area (Å²) in [5, 5.41) is 18.7. The van der Waals surface area contributed by atoms with Crippen molar-refractivity contribution in [3.05, 3.63) is 20.7 Å². The summed E-state index contributed by atoms with van der Waals surface area (Å²) >= 11 is 6.57. The fourth-order valence-corrected chi connectivity index (χ4v) is 6.12. The lowest BCUT2D eigenvalue weighted by atomic mass is 10.1. The summed E-state index contributed by atoms with van der Waals surface area (Å²) in [5.41, 5.74) is 2.96. The molecular weight excluding hydrogens is 398 g/mol. The zero-order chi connectivity index (χ0) is 16.1. The molecule has 0 spiro atoms. The molecule has 2 heterocycles. The van der Waals surface area contributed by atoms with Crippen LogP contribution in [-0.2, 0) is 17.6 Å². The Kier molecular flexibility index (Phi) is 4.01. The van der Waals surface area contributed by atoms with Crippen LogP contribution in [0, 0.1) is 0 Å². The fourth-order valence-electron chi connectivity index (χ4n) is 3.04. The summed E-state index contributed by atoms with van der Waals surface area (Å²) in [7, 11) is 0. The Morgan fingerprint density at radius 2 is 2.13 bits per heavy atom. The minimum atomic E-state index is -0.837. The molecule has 4 rings (SSSR count). The number of thioether (sulfide) groups is 1. The van der Waals surface area contributed by atoms with Crippen LogP contribution < -0.4 is 0 Å². The Balaban J connectivity index is 1.78. The molecule has 0 aromatic carbocycles. The maximum absolute atomic E-state index is 11.2. The lowest BCUT2D eigenvalue weighted by molar-refractivity contribution is -0.136. The zero-order valence-electron chi connectivity index (χ0n) is 12.6. The lowest BCUT2D eigenvalue weighted by Crippen LogP contribution is -2.12. The summed E-state index contributed by atoms with van der Waals surface area (Å²) in [6, 6.07) is 0. The molecule has 1 atom stereocenters. The van der Waals surface area contributed by atoms with Gasteiger partial charge in [0.2, 0.25) is 4.73 Å². The molecule has 5 nitrogen and oxygen atoms in total. The van der Waals surface area contributed by atoms with Crippen LogP contribution in [0.25, 0.3) is 5.00 Å². The minimum Gasteiger partial charge on any atom is -0.480 e. The Labute approximate surface area is 150 Å². The van der Waals surface area contributed by atoms with Gasteiger partial charge in [0.25, 0.3) is 0 Å². The van der Waals surface area contributed by atoms with Gasteiger partial charge in [-0.2, -0.15) is 0 Å². The molecule has 0 saturated heterocycles. The van der Waals surface area contributed by atoms with E-state index >= 15 is 0 Å². The molecule has 1 saturated carbocycles. The van der Waals surface area contributed by atoms with Crippen LogP contribution >= 0.6 is 39.0 Å². The van der Waals surface area contributed by atoms with Crippen molar-refractivity contribution in [1.82, 2.24) is 14.8 Å². The lowest BCUT2D eigenvalue weighted by Gasteiger charge is -2.09. The van der Waals surface area contributed by atoms with Gasteiger partial charge in [0.15, 0.2) is 5.16 Å². The number of aliphatic carboxylic acids is 1. The predicted molar refractivity (Wildman–Crippen MR) is 93.9 cm³/mol. The van der Waals surface area contributed by atoms with Gasteiger partial charge in [-0.15, -0.1) is 21.5 Å². The summed E-state index contributed by atoms with van der Waals surface area (Å²) in [4.78, 5) is 12.7. The van der Waals surface area contributed by atoms with Gasteiger partial charge in [-0.25, -0.2) is 0 Å². The van der Waals surface area contributed by atoms with Crippen LogP contribution in [-0.4, -0.2) is 31.1 Å². The molecule has 23 heavy (non-hydrogen) atoms. The van der Waals surface area contributed by atoms with Gasteiger partial charge in [-0.05, 0) is 72.0 Å². The molecule has 0 aliphatic heterocycles.